The molecule has 2 aromatic carbocycles. The summed E-state index contributed by atoms with van der Waals surface area (Å²) in [7, 11) is 1.50. The van der Waals surface area contributed by atoms with E-state index in [4.69, 9.17) is 14.2 Å². The Morgan fingerprint density at radius 3 is 2.43 bits per heavy atom. The molecule has 2 aromatic rings. The number of carbonyl (C=O) groups excluding carboxylic acids is 4. The smallest absolute Gasteiger partial charge is 0.313 e. The Bertz CT molecular complexity index is 1620. The molecule has 3 fully saturated rings. The minimum Gasteiger partial charge on any atom is -0.455 e. The molecule has 0 aliphatic carbocycles. The number of benzene rings is 2. The number of esters is 1. The number of carbonyl (C=O) groups is 4. The zero-order valence-corrected chi connectivity index (χ0v) is 31.2. The number of nitrogens with zero attached hydrogens (tertiary/aromatic N) is 2. The lowest BCUT2D eigenvalue weighted by Crippen LogP contribution is -2.59. The maximum absolute atomic E-state index is 15.0. The third-order valence-corrected chi connectivity index (χ3v) is 11.1. The molecule has 0 radical (unpaired) electrons. The van der Waals surface area contributed by atoms with Crippen LogP contribution in [0.5, 0.6) is 0 Å². The lowest BCUT2D eigenvalue weighted by Gasteiger charge is -2.39. The van der Waals surface area contributed by atoms with E-state index in [0.29, 0.717) is 17.7 Å². The second-order valence-corrected chi connectivity index (χ2v) is 14.8. The lowest BCUT2D eigenvalue weighted by molar-refractivity contribution is -0.163. The van der Waals surface area contributed by atoms with Gasteiger partial charge in [-0.3, -0.25) is 19.2 Å². The predicted molar refractivity (Wildman–Crippen MR) is 196 cm³/mol. The average molecular weight is 767 g/mol. The van der Waals surface area contributed by atoms with E-state index in [0.717, 1.165) is 11.1 Å². The predicted octanol–water partition coefficient (Wildman–Crippen LogP) is 4.33. The van der Waals surface area contributed by atoms with Gasteiger partial charge >= 0.3 is 5.97 Å². The van der Waals surface area contributed by atoms with Crippen LogP contribution in [0.3, 0.4) is 0 Å². The fourth-order valence-electron chi connectivity index (χ4n) is 8.10. The van der Waals surface area contributed by atoms with Crippen LogP contribution in [-0.4, -0.2) is 95.2 Å². The van der Waals surface area contributed by atoms with Gasteiger partial charge in [-0.05, 0) is 50.3 Å². The van der Waals surface area contributed by atoms with Crippen LogP contribution in [0.1, 0.15) is 49.0 Å². The normalized spacial score (nSPS) is 26.6. The quantitative estimate of drug-likeness (QED) is 0.147. The SMILES string of the molecule is C=CCCC(=O)N[C@H](COC)[C@H](OC(=O)[C@H]1[C@@H]2O[C@@]3(CC2Br)[C@@H]1C(=O)N([C@H](C)CO)[C@@H]3C(=O)N(CC=C)c1c(C)cccc1C)c1ccccc1. The number of hydrogen-bond donors (Lipinski definition) is 2. The number of nitrogens with one attached hydrogen (secondary N) is 1. The van der Waals surface area contributed by atoms with E-state index >= 15 is 0 Å². The number of methoxy groups -OCH3 is 1. The molecule has 11 nitrogen and oxygen atoms in total. The molecule has 3 heterocycles. The molecular weight excluding hydrogens is 718 g/mol. The van der Waals surface area contributed by atoms with Crippen LogP contribution in [0.2, 0.25) is 0 Å². The van der Waals surface area contributed by atoms with E-state index in [1.54, 1.807) is 48.2 Å². The summed E-state index contributed by atoms with van der Waals surface area (Å²) in [6, 6.07) is 12.1. The first kappa shape index (κ1) is 38.4. The highest BCUT2D eigenvalue weighted by molar-refractivity contribution is 9.09. The largest absolute Gasteiger partial charge is 0.455 e. The number of amides is 3. The Morgan fingerprint density at radius 2 is 1.82 bits per heavy atom. The minimum absolute atomic E-state index is 0.0421. The highest BCUT2D eigenvalue weighted by Crippen LogP contribution is 2.61. The third-order valence-electron chi connectivity index (χ3n) is 10.3. The number of likely N-dealkylation sites (tertiary alicyclic amines) is 1. The van der Waals surface area contributed by atoms with Crippen LogP contribution in [0, 0.1) is 25.7 Å². The summed E-state index contributed by atoms with van der Waals surface area (Å²) >= 11 is 3.73. The monoisotopic (exact) mass is 765 g/mol. The van der Waals surface area contributed by atoms with Gasteiger partial charge in [0.05, 0.1) is 43.2 Å². The first-order valence-corrected chi connectivity index (χ1v) is 18.2. The van der Waals surface area contributed by atoms with Crippen LogP contribution in [0.15, 0.2) is 73.8 Å². The molecule has 274 valence electrons. The molecule has 2 bridgehead atoms. The van der Waals surface area contributed by atoms with Crippen molar-refractivity contribution < 1.29 is 38.5 Å². The summed E-state index contributed by atoms with van der Waals surface area (Å²) in [6.45, 7) is 12.9. The fourth-order valence-corrected chi connectivity index (χ4v) is 9.05. The molecule has 3 aliphatic heterocycles. The van der Waals surface area contributed by atoms with Crippen molar-refractivity contribution in [3.8, 4) is 0 Å². The molecule has 51 heavy (non-hydrogen) atoms. The number of ether oxygens (including phenoxy) is 3. The molecular formula is C39H48BrN3O8. The number of fused-ring (bicyclic) bond motifs is 1. The lowest BCUT2D eigenvalue weighted by atomic mass is 9.70. The highest BCUT2D eigenvalue weighted by atomic mass is 79.9. The number of alkyl halides is 1. The molecule has 5 rings (SSSR count). The number of aliphatic hydroxyl groups is 1. The summed E-state index contributed by atoms with van der Waals surface area (Å²) in [5, 5.41) is 13.3. The summed E-state index contributed by atoms with van der Waals surface area (Å²) in [6.07, 6.45) is 2.48. The van der Waals surface area contributed by atoms with Crippen molar-refractivity contribution in [1.29, 1.82) is 0 Å². The Morgan fingerprint density at radius 1 is 1.14 bits per heavy atom. The van der Waals surface area contributed by atoms with E-state index < -0.39 is 66.3 Å². The van der Waals surface area contributed by atoms with E-state index in [2.05, 4.69) is 34.4 Å². The number of halogens is 1. The van der Waals surface area contributed by atoms with Crippen LogP contribution in [0.4, 0.5) is 5.69 Å². The zero-order valence-electron chi connectivity index (χ0n) is 29.6. The molecule has 0 aromatic heterocycles. The van der Waals surface area contributed by atoms with Crippen LogP contribution >= 0.6 is 15.9 Å². The van der Waals surface area contributed by atoms with Crippen molar-refractivity contribution in [1.82, 2.24) is 10.2 Å². The Kier molecular flexibility index (Phi) is 12.2. The Balaban J connectivity index is 1.55. The van der Waals surface area contributed by atoms with Gasteiger partial charge in [-0.15, -0.1) is 13.2 Å². The van der Waals surface area contributed by atoms with Gasteiger partial charge in [0.25, 0.3) is 5.91 Å². The number of para-hydroxylation sites is 1. The van der Waals surface area contributed by atoms with E-state index in [1.807, 2.05) is 38.1 Å². The van der Waals surface area contributed by atoms with E-state index in [-0.39, 0.29) is 42.6 Å². The number of anilines is 1. The second-order valence-electron chi connectivity index (χ2n) is 13.6. The van der Waals surface area contributed by atoms with Gasteiger partial charge in [0, 0.05) is 30.6 Å². The van der Waals surface area contributed by atoms with E-state index in [9.17, 15) is 24.3 Å². The summed E-state index contributed by atoms with van der Waals surface area (Å²) in [4.78, 5) is 59.7. The van der Waals surface area contributed by atoms with Gasteiger partial charge in [-0.2, -0.15) is 0 Å². The molecule has 3 saturated heterocycles. The third kappa shape index (κ3) is 7.16. The first-order valence-electron chi connectivity index (χ1n) is 17.3. The van der Waals surface area contributed by atoms with Gasteiger partial charge < -0.3 is 34.4 Å². The van der Waals surface area contributed by atoms with Gasteiger partial charge in [0.15, 0.2) is 0 Å². The van der Waals surface area contributed by atoms with Gasteiger partial charge in [-0.1, -0.05) is 76.6 Å². The minimum atomic E-state index is -1.39. The van der Waals surface area contributed by atoms with Gasteiger partial charge in [0.2, 0.25) is 11.8 Å². The summed E-state index contributed by atoms with van der Waals surface area (Å²) < 4.78 is 18.5. The number of aliphatic hydroxyl groups excluding tert-OH is 1. The first-order chi connectivity index (χ1) is 24.4. The number of rotatable bonds is 16. The highest BCUT2D eigenvalue weighted by Gasteiger charge is 2.77. The summed E-state index contributed by atoms with van der Waals surface area (Å²) in [5.74, 6) is -3.94. The number of allylic oxidation sites excluding steroid dienone is 1. The molecule has 0 saturated carbocycles. The van der Waals surface area contributed by atoms with Crippen molar-refractivity contribution in [3.63, 3.8) is 0 Å². The van der Waals surface area contributed by atoms with Gasteiger partial charge in [0.1, 0.15) is 17.7 Å². The maximum Gasteiger partial charge on any atom is 0.313 e. The molecule has 1 spiro atoms. The van der Waals surface area contributed by atoms with Crippen LogP contribution in [0.25, 0.3) is 0 Å². The Hall–Kier alpha value is -3.84. The van der Waals surface area contributed by atoms with Crippen molar-refractivity contribution in [3.05, 3.63) is 90.5 Å². The maximum atomic E-state index is 15.0. The topological polar surface area (TPSA) is 135 Å². The molecule has 3 amide bonds. The molecule has 12 heteroatoms. The van der Waals surface area contributed by atoms with E-state index in [1.165, 1.54) is 12.0 Å². The molecule has 2 N–H and O–H groups in total. The zero-order chi connectivity index (χ0) is 37.0. The molecule has 3 aliphatic rings. The second kappa shape index (κ2) is 16.2. The summed E-state index contributed by atoms with van der Waals surface area (Å²) in [5.41, 5.74) is 1.69. The van der Waals surface area contributed by atoms with Gasteiger partial charge in [-0.25, -0.2) is 0 Å². The molecule has 9 atom stereocenters. The van der Waals surface area contributed by atoms with Crippen molar-refractivity contribution in [2.45, 2.75) is 80.8 Å². The van der Waals surface area contributed by atoms with Crippen molar-refractivity contribution in [2.24, 2.45) is 11.8 Å². The van der Waals surface area contributed by atoms with Crippen molar-refractivity contribution in [2.75, 3.05) is 31.8 Å². The van der Waals surface area contributed by atoms with Crippen LogP contribution < -0.4 is 10.2 Å². The number of aryl methyl sites for hydroxylation is 2. The standard InChI is InChI=1S/C39H48BrN3O8/c1-7-9-18-29(45)41-28(22-49-6)33(26-16-11-10-12-17-26)50-38(48)30-31-36(46)43(25(5)21-44)35(39(31)20-27(40)34(30)51-39)37(47)42(19-8-2)32-23(3)14-13-15-24(32)4/h7-8,10-17,25,27-28,30-31,33-35,44H,1-2,9,18-22H2,3-6H3,(H,41,45)/t25-,27?,28-,30-,31+,33-,34-,35-,39+/m1/s1. The Labute approximate surface area is 308 Å². The average Bonchev–Trinajstić information content (AvgIpc) is 3.71. The van der Waals surface area contributed by atoms with Crippen molar-refractivity contribution >= 4 is 45.3 Å². The molecule has 1 unspecified atom stereocenters. The number of hydrogen-bond acceptors (Lipinski definition) is 8. The van der Waals surface area contributed by atoms with Crippen LogP contribution in [-0.2, 0) is 33.4 Å². The fraction of sp³-hybridized carbons (Fsp3) is 0.487.